The summed E-state index contributed by atoms with van der Waals surface area (Å²) in [6.45, 7) is 0.395. The zero-order chi connectivity index (χ0) is 18.2. The van der Waals surface area contributed by atoms with E-state index < -0.39 is 9.84 Å². The number of pyridine rings is 1. The van der Waals surface area contributed by atoms with Gasteiger partial charge < -0.3 is 4.90 Å². The number of benzene rings is 1. The number of halogens is 1. The Hall–Kier alpha value is -2.19. The van der Waals surface area contributed by atoms with Gasteiger partial charge in [-0.25, -0.2) is 13.4 Å². The van der Waals surface area contributed by atoms with Gasteiger partial charge in [0.2, 0.25) is 15.0 Å². The molecule has 0 bridgehead atoms. The molecular formula is C17H16BrN3O3S. The van der Waals surface area contributed by atoms with Gasteiger partial charge in [-0.1, -0.05) is 34.1 Å². The lowest BCUT2D eigenvalue weighted by atomic mass is 10.2. The monoisotopic (exact) mass is 421 g/mol. The average Bonchev–Trinajstić information content (AvgIpc) is 2.96. The number of hydrogen-bond acceptors (Lipinski definition) is 4. The molecule has 2 aromatic heterocycles. The minimum Gasteiger partial charge on any atom is -0.336 e. The van der Waals surface area contributed by atoms with Crippen LogP contribution in [0.2, 0.25) is 0 Å². The quantitative estimate of drug-likeness (QED) is 0.649. The molecule has 25 heavy (non-hydrogen) atoms. The molecule has 8 heteroatoms. The second-order valence-corrected chi connectivity index (χ2v) is 8.58. The van der Waals surface area contributed by atoms with E-state index in [2.05, 4.69) is 20.9 Å². The number of nitrogens with zero attached hydrogens (tertiary/aromatic N) is 3. The Labute approximate surface area is 154 Å². The van der Waals surface area contributed by atoms with Crippen molar-refractivity contribution in [2.45, 2.75) is 11.7 Å². The Balaban J connectivity index is 1.98. The van der Waals surface area contributed by atoms with Crippen molar-refractivity contribution in [3.8, 4) is 0 Å². The average molecular weight is 422 g/mol. The van der Waals surface area contributed by atoms with Gasteiger partial charge in [0, 0.05) is 30.5 Å². The van der Waals surface area contributed by atoms with Gasteiger partial charge in [-0.2, -0.15) is 0 Å². The summed E-state index contributed by atoms with van der Waals surface area (Å²) in [6.07, 6.45) is 2.67. The summed E-state index contributed by atoms with van der Waals surface area (Å²) in [6, 6.07) is 12.8. The number of carbonyl (C=O) groups excluding carboxylic acids is 1. The van der Waals surface area contributed by atoms with Crippen molar-refractivity contribution in [2.24, 2.45) is 0 Å². The molecule has 1 amide bonds. The lowest BCUT2D eigenvalue weighted by Gasteiger charge is -2.16. The lowest BCUT2D eigenvalue weighted by molar-refractivity contribution is 0.0781. The fourth-order valence-electron chi connectivity index (χ4n) is 2.54. The smallest absolute Gasteiger partial charge is 0.274 e. The highest BCUT2D eigenvalue weighted by Gasteiger charge is 2.24. The molecule has 1 aromatic carbocycles. The number of aromatic nitrogens is 2. The highest BCUT2D eigenvalue weighted by Crippen LogP contribution is 2.19. The van der Waals surface area contributed by atoms with Gasteiger partial charge >= 0.3 is 0 Å². The molecule has 6 nitrogen and oxygen atoms in total. The van der Waals surface area contributed by atoms with Crippen LogP contribution in [-0.4, -0.2) is 41.9 Å². The summed E-state index contributed by atoms with van der Waals surface area (Å²) in [5.41, 5.74) is 1.56. The molecule has 0 saturated carbocycles. The molecule has 0 fully saturated rings. The zero-order valence-corrected chi connectivity index (χ0v) is 16.1. The first-order chi connectivity index (χ1) is 11.8. The van der Waals surface area contributed by atoms with Crippen LogP contribution in [0.5, 0.6) is 0 Å². The molecule has 0 atom stereocenters. The third-order valence-corrected chi connectivity index (χ3v) is 5.21. The Morgan fingerprint density at radius 2 is 1.88 bits per heavy atom. The van der Waals surface area contributed by atoms with Crippen molar-refractivity contribution >= 4 is 37.2 Å². The molecule has 0 aliphatic heterocycles. The first kappa shape index (κ1) is 17.6. The van der Waals surface area contributed by atoms with Crippen LogP contribution in [-0.2, 0) is 16.4 Å². The first-order valence-corrected chi connectivity index (χ1v) is 10.1. The Bertz CT molecular complexity index is 1040. The second-order valence-electron chi connectivity index (χ2n) is 5.76. The van der Waals surface area contributed by atoms with Crippen LogP contribution in [0.3, 0.4) is 0 Å². The third-order valence-electron chi connectivity index (χ3n) is 3.73. The standard InChI is InChI=1S/C17H16BrN3O3S/c1-20(11-12-6-8-13(18)9-7-12)16(22)15-14-5-3-4-10-21(14)17(19-15)25(2,23)24/h3-10H,11H2,1-2H3. The fraction of sp³-hybridized carbons (Fsp3) is 0.176. The van der Waals surface area contributed by atoms with Crippen LogP contribution >= 0.6 is 15.9 Å². The normalized spacial score (nSPS) is 11.6. The van der Waals surface area contributed by atoms with Gasteiger partial charge in [-0.3, -0.25) is 9.20 Å². The number of hydrogen-bond donors (Lipinski definition) is 0. The van der Waals surface area contributed by atoms with Crippen molar-refractivity contribution < 1.29 is 13.2 Å². The summed E-state index contributed by atoms with van der Waals surface area (Å²) in [7, 11) is -1.89. The largest absolute Gasteiger partial charge is 0.336 e. The van der Waals surface area contributed by atoms with E-state index in [9.17, 15) is 13.2 Å². The van der Waals surface area contributed by atoms with Crippen LogP contribution in [0, 0.1) is 0 Å². The Morgan fingerprint density at radius 1 is 1.20 bits per heavy atom. The second kappa shape index (κ2) is 6.61. The number of rotatable bonds is 4. The van der Waals surface area contributed by atoms with E-state index in [0.29, 0.717) is 12.1 Å². The molecule has 0 unspecified atom stereocenters. The molecule has 2 heterocycles. The van der Waals surface area contributed by atoms with E-state index in [-0.39, 0.29) is 16.8 Å². The van der Waals surface area contributed by atoms with Crippen molar-refractivity contribution in [3.63, 3.8) is 0 Å². The molecule has 0 aliphatic carbocycles. The van der Waals surface area contributed by atoms with Crippen LogP contribution in [0.1, 0.15) is 16.1 Å². The molecule has 0 radical (unpaired) electrons. The molecular weight excluding hydrogens is 406 g/mol. The van der Waals surface area contributed by atoms with E-state index in [4.69, 9.17) is 0 Å². The molecule has 0 aliphatic rings. The Morgan fingerprint density at radius 3 is 2.52 bits per heavy atom. The van der Waals surface area contributed by atoms with Gasteiger partial charge in [0.1, 0.15) is 0 Å². The van der Waals surface area contributed by atoms with Crippen molar-refractivity contribution in [1.29, 1.82) is 0 Å². The predicted molar refractivity (Wildman–Crippen MR) is 98.2 cm³/mol. The maximum atomic E-state index is 12.8. The molecule has 3 rings (SSSR count). The van der Waals surface area contributed by atoms with Crippen LogP contribution in [0.15, 0.2) is 58.3 Å². The molecule has 3 aromatic rings. The summed E-state index contributed by atoms with van der Waals surface area (Å²) < 4.78 is 26.3. The third kappa shape index (κ3) is 3.59. The van der Waals surface area contributed by atoms with Gasteiger partial charge in [0.15, 0.2) is 5.69 Å². The molecule has 0 spiro atoms. The van der Waals surface area contributed by atoms with Crippen molar-refractivity contribution in [1.82, 2.24) is 14.3 Å². The topological polar surface area (TPSA) is 71.8 Å². The summed E-state index contributed by atoms with van der Waals surface area (Å²) in [5.74, 6) is -0.332. The van der Waals surface area contributed by atoms with Crippen LogP contribution < -0.4 is 0 Å². The number of amides is 1. The Kier molecular flexibility index (Phi) is 4.66. The SMILES string of the molecule is CN(Cc1ccc(Br)cc1)C(=O)c1nc(S(C)(=O)=O)n2ccccc12. The number of sulfone groups is 1. The fourth-order valence-corrected chi connectivity index (χ4v) is 3.58. The molecule has 0 saturated heterocycles. The van der Waals surface area contributed by atoms with Gasteiger partial charge in [0.05, 0.1) is 5.52 Å². The number of carbonyl (C=O) groups is 1. The van der Waals surface area contributed by atoms with E-state index in [1.807, 2.05) is 24.3 Å². The van der Waals surface area contributed by atoms with Crippen molar-refractivity contribution in [2.75, 3.05) is 13.3 Å². The summed E-state index contributed by atoms with van der Waals surface area (Å²) in [5, 5.41) is -0.136. The first-order valence-electron chi connectivity index (χ1n) is 7.44. The van der Waals surface area contributed by atoms with E-state index >= 15 is 0 Å². The van der Waals surface area contributed by atoms with E-state index in [1.165, 1.54) is 9.30 Å². The van der Waals surface area contributed by atoms with Gasteiger partial charge in [-0.05, 0) is 29.8 Å². The van der Waals surface area contributed by atoms with Crippen LogP contribution in [0.4, 0.5) is 0 Å². The summed E-state index contributed by atoms with van der Waals surface area (Å²) >= 11 is 3.38. The predicted octanol–water partition coefficient (Wildman–Crippen LogP) is 2.77. The minimum absolute atomic E-state index is 0.126. The molecule has 0 N–H and O–H groups in total. The number of fused-ring (bicyclic) bond motifs is 1. The zero-order valence-electron chi connectivity index (χ0n) is 13.7. The molecule has 130 valence electrons. The maximum Gasteiger partial charge on any atom is 0.274 e. The maximum absolute atomic E-state index is 12.8. The van der Waals surface area contributed by atoms with Crippen molar-refractivity contribution in [3.05, 3.63) is 64.4 Å². The lowest BCUT2D eigenvalue weighted by Crippen LogP contribution is -2.26. The highest BCUT2D eigenvalue weighted by molar-refractivity contribution is 9.10. The highest BCUT2D eigenvalue weighted by atomic mass is 79.9. The summed E-state index contributed by atoms with van der Waals surface area (Å²) in [4.78, 5) is 18.4. The van der Waals surface area contributed by atoms with E-state index in [0.717, 1.165) is 16.3 Å². The number of imidazole rings is 1. The van der Waals surface area contributed by atoms with Crippen LogP contribution in [0.25, 0.3) is 5.52 Å². The van der Waals surface area contributed by atoms with E-state index in [1.54, 1.807) is 31.4 Å². The minimum atomic E-state index is -3.56. The van der Waals surface area contributed by atoms with Gasteiger partial charge in [-0.15, -0.1) is 0 Å². The van der Waals surface area contributed by atoms with Gasteiger partial charge in [0.25, 0.3) is 5.91 Å².